The lowest BCUT2D eigenvalue weighted by molar-refractivity contribution is 0.131. The fourth-order valence-corrected chi connectivity index (χ4v) is 3.88. The molecule has 4 nitrogen and oxygen atoms in total. The molecule has 0 unspecified atom stereocenters. The van der Waals surface area contributed by atoms with E-state index >= 15 is 0 Å². The van der Waals surface area contributed by atoms with E-state index < -0.39 is 0 Å². The molecule has 1 atom stereocenters. The van der Waals surface area contributed by atoms with Crippen molar-refractivity contribution < 1.29 is 4.39 Å². The summed E-state index contributed by atoms with van der Waals surface area (Å²) in [4.78, 5) is 5.20. The highest BCUT2D eigenvalue weighted by molar-refractivity contribution is 5.16. The summed E-state index contributed by atoms with van der Waals surface area (Å²) in [5, 5.41) is 4.29. The molecule has 2 heterocycles. The molecule has 2 aromatic rings. The summed E-state index contributed by atoms with van der Waals surface area (Å²) in [6, 6.07) is 9.48. The maximum Gasteiger partial charge on any atom is 0.123 e. The average Bonchev–Trinajstić information content (AvgIpc) is 3.05. The van der Waals surface area contributed by atoms with Gasteiger partial charge in [0.05, 0.1) is 0 Å². The lowest BCUT2D eigenvalue weighted by atomic mass is 10.0. The van der Waals surface area contributed by atoms with Gasteiger partial charge in [-0.3, -0.25) is 9.58 Å². The van der Waals surface area contributed by atoms with Crippen LogP contribution in [0.15, 0.2) is 42.7 Å². The predicted octanol–water partition coefficient (Wildman–Crippen LogP) is 3.64. The smallest absolute Gasteiger partial charge is 0.123 e. The van der Waals surface area contributed by atoms with Crippen LogP contribution in [0.5, 0.6) is 0 Å². The van der Waals surface area contributed by atoms with Gasteiger partial charge in [-0.1, -0.05) is 26.0 Å². The molecule has 0 aliphatic carbocycles. The van der Waals surface area contributed by atoms with Gasteiger partial charge in [0.1, 0.15) is 5.82 Å². The van der Waals surface area contributed by atoms with Crippen molar-refractivity contribution in [3.8, 4) is 0 Å². The van der Waals surface area contributed by atoms with Crippen molar-refractivity contribution in [1.82, 2.24) is 19.6 Å². The summed E-state index contributed by atoms with van der Waals surface area (Å²) in [6.07, 6.45) is 6.19. The van der Waals surface area contributed by atoms with Gasteiger partial charge in [0.25, 0.3) is 0 Å². The van der Waals surface area contributed by atoms with Crippen LogP contribution >= 0.6 is 0 Å². The largest absolute Gasteiger partial charge is 0.302 e. The lowest BCUT2D eigenvalue weighted by Crippen LogP contribution is -2.44. The average molecular weight is 359 g/mol. The molecule has 0 amide bonds. The van der Waals surface area contributed by atoms with Crippen LogP contribution in [0.1, 0.15) is 32.3 Å². The minimum atomic E-state index is -0.159. The molecule has 1 aromatic carbocycles. The monoisotopic (exact) mass is 358 g/mol. The van der Waals surface area contributed by atoms with Crippen molar-refractivity contribution >= 4 is 0 Å². The summed E-state index contributed by atoms with van der Waals surface area (Å²) in [5.41, 5.74) is 1.20. The Morgan fingerprint density at radius 1 is 1.15 bits per heavy atom. The Balaban J connectivity index is 1.57. The molecule has 0 radical (unpaired) electrons. The van der Waals surface area contributed by atoms with Gasteiger partial charge in [0.15, 0.2) is 0 Å². The van der Waals surface area contributed by atoms with Crippen LogP contribution in [0.4, 0.5) is 4.39 Å². The summed E-state index contributed by atoms with van der Waals surface area (Å²) in [5.74, 6) is 0.440. The van der Waals surface area contributed by atoms with Crippen molar-refractivity contribution in [3.05, 3.63) is 54.1 Å². The number of benzene rings is 1. The Hall–Kier alpha value is -1.72. The Kier molecular flexibility index (Phi) is 6.80. The normalized spacial score (nSPS) is 19.8. The van der Waals surface area contributed by atoms with E-state index in [0.29, 0.717) is 12.0 Å². The molecule has 1 aliphatic heterocycles. The van der Waals surface area contributed by atoms with E-state index in [1.807, 2.05) is 35.3 Å². The number of hydrogen-bond donors (Lipinski definition) is 0. The fourth-order valence-electron chi connectivity index (χ4n) is 3.88. The van der Waals surface area contributed by atoms with Crippen LogP contribution in [0.3, 0.4) is 0 Å². The minimum Gasteiger partial charge on any atom is -0.302 e. The first kappa shape index (κ1) is 19.1. The topological polar surface area (TPSA) is 24.3 Å². The quantitative estimate of drug-likeness (QED) is 0.755. The Bertz CT molecular complexity index is 639. The van der Waals surface area contributed by atoms with E-state index in [1.54, 1.807) is 12.1 Å². The van der Waals surface area contributed by atoms with Crippen molar-refractivity contribution in [2.75, 3.05) is 26.2 Å². The van der Waals surface area contributed by atoms with E-state index in [0.717, 1.165) is 45.7 Å². The van der Waals surface area contributed by atoms with E-state index in [2.05, 4.69) is 28.7 Å². The van der Waals surface area contributed by atoms with E-state index in [1.165, 1.54) is 12.0 Å². The zero-order valence-electron chi connectivity index (χ0n) is 16.0. The first-order valence-electron chi connectivity index (χ1n) is 9.80. The Morgan fingerprint density at radius 2 is 1.96 bits per heavy atom. The Morgan fingerprint density at radius 3 is 2.65 bits per heavy atom. The number of rotatable bonds is 7. The molecule has 0 saturated carbocycles. The molecule has 1 saturated heterocycles. The number of halogens is 1. The maximum absolute atomic E-state index is 13.2. The summed E-state index contributed by atoms with van der Waals surface area (Å²) < 4.78 is 15.2. The second-order valence-corrected chi connectivity index (χ2v) is 7.69. The maximum atomic E-state index is 13.2. The van der Waals surface area contributed by atoms with Gasteiger partial charge in [0.2, 0.25) is 0 Å². The number of aromatic nitrogens is 2. The first-order valence-corrected chi connectivity index (χ1v) is 9.80. The standard InChI is InChI=1S/C21H31FN4/c1-18(2)21-17-24(12-5-15-26-14-3-10-23-26)11-4-13-25(21)16-19-6-8-20(22)9-7-19/h3,6-10,14,18,21H,4-5,11-13,15-17H2,1-2H3/t21-/m0/s1. The first-order chi connectivity index (χ1) is 12.6. The SMILES string of the molecule is CC(C)[C@@H]1CN(CCCn2cccn2)CCCN1Cc1ccc(F)cc1. The van der Waals surface area contributed by atoms with Gasteiger partial charge in [-0.2, -0.15) is 5.10 Å². The van der Waals surface area contributed by atoms with Crippen LogP contribution in [0, 0.1) is 11.7 Å². The minimum absolute atomic E-state index is 0.159. The van der Waals surface area contributed by atoms with Gasteiger partial charge in [-0.15, -0.1) is 0 Å². The Labute approximate surface area is 156 Å². The van der Waals surface area contributed by atoms with Crippen molar-refractivity contribution in [3.63, 3.8) is 0 Å². The molecule has 0 bridgehead atoms. The molecule has 1 fully saturated rings. The number of aryl methyl sites for hydroxylation is 1. The molecule has 5 heteroatoms. The zero-order chi connectivity index (χ0) is 18.4. The molecular formula is C21H31FN4. The molecule has 26 heavy (non-hydrogen) atoms. The van der Waals surface area contributed by atoms with Crippen LogP contribution in [-0.4, -0.2) is 51.8 Å². The molecule has 1 aromatic heterocycles. The predicted molar refractivity (Wildman–Crippen MR) is 103 cm³/mol. The van der Waals surface area contributed by atoms with Gasteiger partial charge in [0, 0.05) is 44.6 Å². The van der Waals surface area contributed by atoms with Crippen molar-refractivity contribution in [2.24, 2.45) is 5.92 Å². The van der Waals surface area contributed by atoms with Crippen LogP contribution in [0.25, 0.3) is 0 Å². The van der Waals surface area contributed by atoms with Crippen LogP contribution in [0.2, 0.25) is 0 Å². The molecular weight excluding hydrogens is 327 g/mol. The van der Waals surface area contributed by atoms with Crippen LogP contribution < -0.4 is 0 Å². The molecule has 0 N–H and O–H groups in total. The highest BCUT2D eigenvalue weighted by atomic mass is 19.1. The lowest BCUT2D eigenvalue weighted by Gasteiger charge is -2.34. The number of hydrogen-bond acceptors (Lipinski definition) is 3. The third-order valence-electron chi connectivity index (χ3n) is 5.32. The van der Waals surface area contributed by atoms with E-state index in [9.17, 15) is 4.39 Å². The van der Waals surface area contributed by atoms with E-state index in [-0.39, 0.29) is 5.82 Å². The highest BCUT2D eigenvalue weighted by Gasteiger charge is 2.27. The van der Waals surface area contributed by atoms with E-state index in [4.69, 9.17) is 0 Å². The highest BCUT2D eigenvalue weighted by Crippen LogP contribution is 2.20. The molecule has 1 aliphatic rings. The van der Waals surface area contributed by atoms with Gasteiger partial charge < -0.3 is 4.90 Å². The molecule has 142 valence electrons. The zero-order valence-corrected chi connectivity index (χ0v) is 16.0. The van der Waals surface area contributed by atoms with Gasteiger partial charge >= 0.3 is 0 Å². The summed E-state index contributed by atoms with van der Waals surface area (Å²) >= 11 is 0. The summed E-state index contributed by atoms with van der Waals surface area (Å²) in [6.45, 7) is 11.0. The second kappa shape index (κ2) is 9.28. The summed E-state index contributed by atoms with van der Waals surface area (Å²) in [7, 11) is 0. The van der Waals surface area contributed by atoms with Crippen molar-refractivity contribution in [2.45, 2.75) is 45.8 Å². The van der Waals surface area contributed by atoms with Gasteiger partial charge in [-0.05, 0) is 55.6 Å². The van der Waals surface area contributed by atoms with Crippen molar-refractivity contribution in [1.29, 1.82) is 0 Å². The van der Waals surface area contributed by atoms with Gasteiger partial charge in [-0.25, -0.2) is 4.39 Å². The number of nitrogens with zero attached hydrogens (tertiary/aromatic N) is 4. The molecule has 0 spiro atoms. The van der Waals surface area contributed by atoms with Crippen LogP contribution in [-0.2, 0) is 13.1 Å². The second-order valence-electron chi connectivity index (χ2n) is 7.69. The third-order valence-corrected chi connectivity index (χ3v) is 5.32. The molecule has 3 rings (SSSR count). The fraction of sp³-hybridized carbons (Fsp3) is 0.571. The third kappa shape index (κ3) is 5.39.